The van der Waals surface area contributed by atoms with Gasteiger partial charge in [0.05, 0.1) is 10.5 Å². The summed E-state index contributed by atoms with van der Waals surface area (Å²) in [6.07, 6.45) is 0.810. The molecule has 0 amide bonds. The summed E-state index contributed by atoms with van der Waals surface area (Å²) in [5, 5.41) is 2.87. The standard InChI is InChI=1S/C17H15ClN2S/c18-14-6-2-4-8-16(14)21-17-13(9-10-19)11-12-5-1-3-7-15(12)20-17/h1-8,11H,9-10,19H2. The van der Waals surface area contributed by atoms with Gasteiger partial charge in [-0.1, -0.05) is 53.7 Å². The summed E-state index contributed by atoms with van der Waals surface area (Å²) >= 11 is 7.85. The van der Waals surface area contributed by atoms with Gasteiger partial charge in [0.2, 0.25) is 0 Å². The van der Waals surface area contributed by atoms with Gasteiger partial charge in [0.15, 0.2) is 0 Å². The van der Waals surface area contributed by atoms with Crippen molar-refractivity contribution in [3.05, 3.63) is 65.2 Å². The van der Waals surface area contributed by atoms with Crippen molar-refractivity contribution in [2.75, 3.05) is 6.54 Å². The third-order valence-electron chi connectivity index (χ3n) is 3.22. The number of fused-ring (bicyclic) bond motifs is 1. The van der Waals surface area contributed by atoms with E-state index in [2.05, 4.69) is 12.1 Å². The fraction of sp³-hybridized carbons (Fsp3) is 0.118. The van der Waals surface area contributed by atoms with Crippen LogP contribution in [0.25, 0.3) is 10.9 Å². The molecule has 1 heterocycles. The van der Waals surface area contributed by atoms with E-state index in [9.17, 15) is 0 Å². The van der Waals surface area contributed by atoms with Crippen LogP contribution in [0.15, 0.2) is 64.5 Å². The Bertz CT molecular complexity index is 774. The Morgan fingerprint density at radius 2 is 1.81 bits per heavy atom. The zero-order chi connectivity index (χ0) is 14.7. The van der Waals surface area contributed by atoms with Gasteiger partial charge in [0.25, 0.3) is 0 Å². The van der Waals surface area contributed by atoms with E-state index < -0.39 is 0 Å². The number of hydrogen-bond donors (Lipinski definition) is 1. The molecule has 0 aliphatic heterocycles. The van der Waals surface area contributed by atoms with Gasteiger partial charge in [-0.15, -0.1) is 0 Å². The maximum Gasteiger partial charge on any atom is 0.105 e. The van der Waals surface area contributed by atoms with Gasteiger partial charge in [-0.25, -0.2) is 4.98 Å². The predicted molar refractivity (Wildman–Crippen MR) is 90.1 cm³/mol. The molecule has 0 unspecified atom stereocenters. The Kier molecular flexibility index (Phi) is 4.44. The average Bonchev–Trinajstić information content (AvgIpc) is 2.50. The molecule has 2 aromatic carbocycles. The van der Waals surface area contributed by atoms with Crippen LogP contribution in [0.3, 0.4) is 0 Å². The molecule has 4 heteroatoms. The van der Waals surface area contributed by atoms with Crippen LogP contribution in [-0.2, 0) is 6.42 Å². The summed E-state index contributed by atoms with van der Waals surface area (Å²) in [5.41, 5.74) is 7.89. The number of hydrogen-bond acceptors (Lipinski definition) is 3. The third kappa shape index (κ3) is 3.21. The number of pyridine rings is 1. The van der Waals surface area contributed by atoms with Gasteiger partial charge in [-0.05, 0) is 42.8 Å². The number of halogens is 1. The van der Waals surface area contributed by atoms with E-state index in [0.29, 0.717) is 6.54 Å². The molecule has 3 aromatic rings. The van der Waals surface area contributed by atoms with Crippen molar-refractivity contribution in [3.8, 4) is 0 Å². The lowest BCUT2D eigenvalue weighted by Gasteiger charge is -2.10. The maximum atomic E-state index is 6.25. The lowest BCUT2D eigenvalue weighted by molar-refractivity contribution is 0.922. The number of nitrogens with zero attached hydrogens (tertiary/aromatic N) is 1. The van der Waals surface area contributed by atoms with Gasteiger partial charge in [-0.2, -0.15) is 0 Å². The lowest BCUT2D eigenvalue weighted by atomic mass is 10.1. The summed E-state index contributed by atoms with van der Waals surface area (Å²) in [6.45, 7) is 0.607. The van der Waals surface area contributed by atoms with Crippen molar-refractivity contribution < 1.29 is 0 Å². The van der Waals surface area contributed by atoms with E-state index >= 15 is 0 Å². The summed E-state index contributed by atoms with van der Waals surface area (Å²) in [7, 11) is 0. The summed E-state index contributed by atoms with van der Waals surface area (Å²) in [5.74, 6) is 0. The Morgan fingerprint density at radius 3 is 2.62 bits per heavy atom. The molecule has 3 rings (SSSR count). The first-order chi connectivity index (χ1) is 10.3. The van der Waals surface area contributed by atoms with Crippen LogP contribution in [0.2, 0.25) is 5.02 Å². The van der Waals surface area contributed by atoms with Crippen molar-refractivity contribution in [2.24, 2.45) is 5.73 Å². The first-order valence-electron chi connectivity index (χ1n) is 6.79. The van der Waals surface area contributed by atoms with Crippen molar-refractivity contribution >= 4 is 34.3 Å². The van der Waals surface area contributed by atoms with E-state index in [0.717, 1.165) is 32.3 Å². The second-order valence-electron chi connectivity index (χ2n) is 4.72. The van der Waals surface area contributed by atoms with Crippen LogP contribution in [0, 0.1) is 0 Å². The highest BCUT2D eigenvalue weighted by Crippen LogP contribution is 2.35. The number of nitrogens with two attached hydrogens (primary N) is 1. The minimum Gasteiger partial charge on any atom is -0.330 e. The number of para-hydroxylation sites is 1. The van der Waals surface area contributed by atoms with Gasteiger partial charge >= 0.3 is 0 Å². The highest BCUT2D eigenvalue weighted by molar-refractivity contribution is 7.99. The largest absolute Gasteiger partial charge is 0.330 e. The fourth-order valence-electron chi connectivity index (χ4n) is 2.20. The van der Waals surface area contributed by atoms with Crippen molar-refractivity contribution in [1.29, 1.82) is 0 Å². The molecular weight excluding hydrogens is 300 g/mol. The quantitative estimate of drug-likeness (QED) is 0.768. The highest BCUT2D eigenvalue weighted by Gasteiger charge is 2.10. The van der Waals surface area contributed by atoms with Crippen LogP contribution >= 0.6 is 23.4 Å². The molecule has 0 spiro atoms. The first-order valence-corrected chi connectivity index (χ1v) is 7.98. The van der Waals surface area contributed by atoms with E-state index in [4.69, 9.17) is 22.3 Å². The molecule has 0 aliphatic carbocycles. The second-order valence-corrected chi connectivity index (χ2v) is 6.15. The van der Waals surface area contributed by atoms with Crippen LogP contribution < -0.4 is 5.73 Å². The van der Waals surface area contributed by atoms with Crippen LogP contribution in [0.4, 0.5) is 0 Å². The molecule has 0 radical (unpaired) electrons. The first kappa shape index (κ1) is 14.4. The maximum absolute atomic E-state index is 6.25. The van der Waals surface area contributed by atoms with Gasteiger partial charge in [0, 0.05) is 10.3 Å². The van der Waals surface area contributed by atoms with Crippen LogP contribution in [0.5, 0.6) is 0 Å². The number of rotatable bonds is 4. The molecule has 21 heavy (non-hydrogen) atoms. The molecule has 106 valence electrons. The summed E-state index contributed by atoms with van der Waals surface area (Å²) in [4.78, 5) is 5.79. The molecule has 0 atom stereocenters. The van der Waals surface area contributed by atoms with E-state index in [1.807, 2.05) is 42.5 Å². The van der Waals surface area contributed by atoms with Crippen molar-refractivity contribution in [3.63, 3.8) is 0 Å². The smallest absolute Gasteiger partial charge is 0.105 e. The zero-order valence-electron chi connectivity index (χ0n) is 11.4. The van der Waals surface area contributed by atoms with E-state index in [1.165, 1.54) is 5.56 Å². The normalized spacial score (nSPS) is 11.0. The van der Waals surface area contributed by atoms with Crippen molar-refractivity contribution in [2.45, 2.75) is 16.3 Å². The molecule has 0 aliphatic rings. The average molecular weight is 315 g/mol. The predicted octanol–water partition coefficient (Wildman–Crippen LogP) is 4.54. The fourth-order valence-corrected chi connectivity index (χ4v) is 3.40. The van der Waals surface area contributed by atoms with Gasteiger partial charge < -0.3 is 5.73 Å². The number of aromatic nitrogens is 1. The molecule has 0 saturated carbocycles. The Labute approximate surface area is 133 Å². The summed E-state index contributed by atoms with van der Waals surface area (Å²) in [6, 6.07) is 18.1. The monoisotopic (exact) mass is 314 g/mol. The summed E-state index contributed by atoms with van der Waals surface area (Å²) < 4.78 is 0. The van der Waals surface area contributed by atoms with Gasteiger partial charge in [-0.3, -0.25) is 0 Å². The third-order valence-corrected chi connectivity index (χ3v) is 4.78. The van der Waals surface area contributed by atoms with Crippen LogP contribution in [-0.4, -0.2) is 11.5 Å². The Hall–Kier alpha value is -1.55. The molecule has 0 saturated heterocycles. The molecule has 0 bridgehead atoms. The zero-order valence-corrected chi connectivity index (χ0v) is 13.0. The molecule has 0 fully saturated rings. The molecule has 2 N–H and O–H groups in total. The minimum absolute atomic E-state index is 0.607. The molecular formula is C17H15ClN2S. The van der Waals surface area contributed by atoms with Gasteiger partial charge in [0.1, 0.15) is 5.03 Å². The molecule has 1 aromatic heterocycles. The van der Waals surface area contributed by atoms with E-state index in [1.54, 1.807) is 11.8 Å². The number of benzene rings is 2. The van der Waals surface area contributed by atoms with Crippen LogP contribution in [0.1, 0.15) is 5.56 Å². The topological polar surface area (TPSA) is 38.9 Å². The molecule has 2 nitrogen and oxygen atoms in total. The SMILES string of the molecule is NCCc1cc2ccccc2nc1Sc1ccccc1Cl. The van der Waals surface area contributed by atoms with Crippen molar-refractivity contribution in [1.82, 2.24) is 4.98 Å². The highest BCUT2D eigenvalue weighted by atomic mass is 35.5. The lowest BCUT2D eigenvalue weighted by Crippen LogP contribution is -2.04. The Morgan fingerprint density at radius 1 is 1.05 bits per heavy atom. The van der Waals surface area contributed by atoms with E-state index in [-0.39, 0.29) is 0 Å². The second kappa shape index (κ2) is 6.48. The minimum atomic E-state index is 0.607. The Balaban J connectivity index is 2.07.